The SMILES string of the molecule is COc1ccc2oc3c(-c4ccccc4)c(=O)oc-3cc2c1OCc1ccccc1. The van der Waals surface area contributed by atoms with E-state index in [4.69, 9.17) is 18.3 Å². The molecule has 0 N–H and O–H groups in total. The molecule has 0 fully saturated rings. The first-order chi connectivity index (χ1) is 14.7. The molecule has 0 spiro atoms. The van der Waals surface area contributed by atoms with E-state index in [0.717, 1.165) is 11.1 Å². The van der Waals surface area contributed by atoms with Crippen LogP contribution in [-0.2, 0) is 6.61 Å². The van der Waals surface area contributed by atoms with Gasteiger partial charge in [0.25, 0.3) is 0 Å². The van der Waals surface area contributed by atoms with Gasteiger partial charge in [-0.25, -0.2) is 4.79 Å². The van der Waals surface area contributed by atoms with Gasteiger partial charge >= 0.3 is 5.63 Å². The topological polar surface area (TPSA) is 61.8 Å². The van der Waals surface area contributed by atoms with Crippen molar-refractivity contribution in [3.05, 3.63) is 94.8 Å². The number of hydrogen-bond donors (Lipinski definition) is 0. The maximum absolute atomic E-state index is 12.6. The molecule has 148 valence electrons. The highest BCUT2D eigenvalue weighted by molar-refractivity contribution is 5.92. The fourth-order valence-corrected chi connectivity index (χ4v) is 3.53. The number of fused-ring (bicyclic) bond motifs is 2. The minimum atomic E-state index is -0.436. The zero-order chi connectivity index (χ0) is 20.5. The van der Waals surface area contributed by atoms with Crippen LogP contribution in [0.4, 0.5) is 0 Å². The molecule has 0 unspecified atom stereocenters. The van der Waals surface area contributed by atoms with Crippen molar-refractivity contribution < 1.29 is 18.3 Å². The highest BCUT2D eigenvalue weighted by Gasteiger charge is 2.25. The minimum Gasteiger partial charge on any atom is -0.493 e. The van der Waals surface area contributed by atoms with Crippen molar-refractivity contribution in [3.8, 4) is 34.1 Å². The predicted octanol–water partition coefficient (Wildman–Crippen LogP) is 5.75. The molecule has 0 saturated heterocycles. The van der Waals surface area contributed by atoms with Crippen molar-refractivity contribution in [1.29, 1.82) is 0 Å². The summed E-state index contributed by atoms with van der Waals surface area (Å²) >= 11 is 0. The lowest BCUT2D eigenvalue weighted by Gasteiger charge is -2.14. The summed E-state index contributed by atoms with van der Waals surface area (Å²) in [7, 11) is 1.59. The normalized spacial score (nSPS) is 11.1. The van der Waals surface area contributed by atoms with E-state index in [9.17, 15) is 4.79 Å². The molecule has 2 heterocycles. The molecule has 0 bridgehead atoms. The van der Waals surface area contributed by atoms with E-state index in [1.165, 1.54) is 0 Å². The third-order valence-electron chi connectivity index (χ3n) is 4.97. The Morgan fingerprint density at radius 2 is 1.60 bits per heavy atom. The van der Waals surface area contributed by atoms with E-state index < -0.39 is 5.63 Å². The standard InChI is InChI=1S/C25H18O5/c1-27-20-13-12-19-18(23(20)28-15-16-8-4-2-5-9-16)14-21-24(29-19)22(25(26)30-21)17-10-6-3-7-11-17/h2-14H,15H2,1H3. The monoisotopic (exact) mass is 398 g/mol. The van der Waals surface area contributed by atoms with Crippen LogP contribution in [0.1, 0.15) is 5.56 Å². The minimum absolute atomic E-state index is 0.365. The van der Waals surface area contributed by atoms with Gasteiger partial charge in [-0.1, -0.05) is 60.7 Å². The second-order valence-corrected chi connectivity index (χ2v) is 6.85. The van der Waals surface area contributed by atoms with Gasteiger partial charge < -0.3 is 18.3 Å². The molecular formula is C25H18O5. The molecule has 0 saturated carbocycles. The van der Waals surface area contributed by atoms with Gasteiger partial charge in [0, 0.05) is 0 Å². The summed E-state index contributed by atoms with van der Waals surface area (Å²) in [6.07, 6.45) is 0. The first kappa shape index (κ1) is 18.1. The summed E-state index contributed by atoms with van der Waals surface area (Å²) in [4.78, 5) is 12.6. The second-order valence-electron chi connectivity index (χ2n) is 6.85. The molecule has 5 heteroatoms. The van der Waals surface area contributed by atoms with E-state index >= 15 is 0 Å². The van der Waals surface area contributed by atoms with Crippen molar-refractivity contribution in [1.82, 2.24) is 0 Å². The molecule has 5 rings (SSSR count). The molecule has 0 aromatic heterocycles. The number of methoxy groups -OCH3 is 1. The van der Waals surface area contributed by atoms with Gasteiger partial charge in [-0.15, -0.1) is 0 Å². The quantitative estimate of drug-likeness (QED) is 0.377. The molecule has 2 aliphatic heterocycles. The third-order valence-corrected chi connectivity index (χ3v) is 4.97. The zero-order valence-electron chi connectivity index (χ0n) is 16.3. The van der Waals surface area contributed by atoms with Gasteiger partial charge in [0.1, 0.15) is 17.8 Å². The van der Waals surface area contributed by atoms with Crippen LogP contribution in [0, 0.1) is 0 Å². The predicted molar refractivity (Wildman–Crippen MR) is 114 cm³/mol. The Bertz CT molecular complexity index is 1330. The van der Waals surface area contributed by atoms with Gasteiger partial charge in [-0.3, -0.25) is 0 Å². The fourth-order valence-electron chi connectivity index (χ4n) is 3.53. The highest BCUT2D eigenvalue weighted by Crippen LogP contribution is 2.42. The summed E-state index contributed by atoms with van der Waals surface area (Å²) < 4.78 is 23.2. The lowest BCUT2D eigenvalue weighted by Crippen LogP contribution is -1.98. The number of furan rings is 1. The van der Waals surface area contributed by atoms with Crippen LogP contribution in [0.25, 0.3) is 33.6 Å². The Morgan fingerprint density at radius 3 is 2.33 bits per heavy atom. The van der Waals surface area contributed by atoms with E-state index in [2.05, 4.69) is 0 Å². The first-order valence-electron chi connectivity index (χ1n) is 9.54. The largest absolute Gasteiger partial charge is 0.493 e. The average molecular weight is 398 g/mol. The number of ether oxygens (including phenoxy) is 2. The summed E-state index contributed by atoms with van der Waals surface area (Å²) in [5.41, 5.74) is 2.33. The second kappa shape index (κ2) is 7.44. The number of hydrogen-bond acceptors (Lipinski definition) is 5. The Balaban J connectivity index is 1.66. The lowest BCUT2D eigenvalue weighted by atomic mass is 10.1. The number of rotatable bonds is 5. The Labute approximate surface area is 172 Å². The molecule has 2 aliphatic rings. The van der Waals surface area contributed by atoms with Gasteiger partial charge in [0.05, 0.1) is 12.5 Å². The van der Waals surface area contributed by atoms with Crippen LogP contribution in [0.2, 0.25) is 0 Å². The van der Waals surface area contributed by atoms with Crippen LogP contribution < -0.4 is 15.1 Å². The van der Waals surface area contributed by atoms with Crippen LogP contribution in [0.15, 0.2) is 92.5 Å². The molecular weight excluding hydrogens is 380 g/mol. The van der Waals surface area contributed by atoms with Gasteiger partial charge in [-0.2, -0.15) is 0 Å². The van der Waals surface area contributed by atoms with Gasteiger partial charge in [0.2, 0.25) is 0 Å². The molecule has 0 amide bonds. The van der Waals surface area contributed by atoms with Crippen molar-refractivity contribution in [2.75, 3.05) is 7.11 Å². The summed E-state index contributed by atoms with van der Waals surface area (Å²) in [6, 6.07) is 24.6. The van der Waals surface area contributed by atoms with E-state index in [1.54, 1.807) is 25.3 Å². The first-order valence-corrected chi connectivity index (χ1v) is 9.54. The van der Waals surface area contributed by atoms with Crippen LogP contribution >= 0.6 is 0 Å². The molecule has 0 aliphatic carbocycles. The maximum atomic E-state index is 12.6. The van der Waals surface area contributed by atoms with Gasteiger partial charge in [0.15, 0.2) is 23.0 Å². The van der Waals surface area contributed by atoms with Gasteiger partial charge in [-0.05, 0) is 29.3 Å². The van der Waals surface area contributed by atoms with Crippen LogP contribution in [0.5, 0.6) is 11.5 Å². The lowest BCUT2D eigenvalue weighted by molar-refractivity contribution is 0.288. The zero-order valence-corrected chi connectivity index (χ0v) is 16.3. The Kier molecular flexibility index (Phi) is 4.48. The maximum Gasteiger partial charge on any atom is 0.348 e. The molecule has 5 nitrogen and oxygen atoms in total. The van der Waals surface area contributed by atoms with Crippen molar-refractivity contribution >= 4 is 11.0 Å². The highest BCUT2D eigenvalue weighted by atomic mass is 16.5. The summed E-state index contributed by atoms with van der Waals surface area (Å²) in [5.74, 6) is 1.89. The number of benzene rings is 3. The molecule has 0 atom stereocenters. The van der Waals surface area contributed by atoms with Crippen molar-refractivity contribution in [2.24, 2.45) is 0 Å². The van der Waals surface area contributed by atoms with E-state index in [0.29, 0.717) is 46.2 Å². The average Bonchev–Trinajstić information content (AvgIpc) is 3.11. The molecule has 30 heavy (non-hydrogen) atoms. The van der Waals surface area contributed by atoms with E-state index in [-0.39, 0.29) is 0 Å². The smallest absolute Gasteiger partial charge is 0.348 e. The van der Waals surface area contributed by atoms with Crippen molar-refractivity contribution in [2.45, 2.75) is 6.61 Å². The third kappa shape index (κ3) is 3.10. The molecule has 3 aromatic rings. The van der Waals surface area contributed by atoms with E-state index in [1.807, 2.05) is 60.7 Å². The van der Waals surface area contributed by atoms with Crippen LogP contribution in [0.3, 0.4) is 0 Å². The van der Waals surface area contributed by atoms with Crippen molar-refractivity contribution in [3.63, 3.8) is 0 Å². The Hall–Kier alpha value is -3.99. The fraction of sp³-hybridized carbons (Fsp3) is 0.0800. The molecule has 0 radical (unpaired) electrons. The molecule has 3 aromatic carbocycles. The summed E-state index contributed by atoms with van der Waals surface area (Å²) in [6.45, 7) is 0.370. The Morgan fingerprint density at radius 1 is 0.867 bits per heavy atom. The van der Waals surface area contributed by atoms with Crippen LogP contribution in [-0.4, -0.2) is 7.11 Å². The summed E-state index contributed by atoms with van der Waals surface area (Å²) in [5, 5.41) is 0.672.